The van der Waals surface area contributed by atoms with Gasteiger partial charge in [-0.25, -0.2) is 0 Å². The van der Waals surface area contributed by atoms with E-state index >= 15 is 0 Å². The number of carboxylic acids is 1. The van der Waals surface area contributed by atoms with Gasteiger partial charge in [0.05, 0.1) is 13.2 Å². The summed E-state index contributed by atoms with van der Waals surface area (Å²) in [5.41, 5.74) is 0.595. The number of likely N-dealkylation sites (tertiary alicyclic amines) is 1. The Balaban J connectivity index is 1.67. The third-order valence-corrected chi connectivity index (χ3v) is 4.57. The van der Waals surface area contributed by atoms with Gasteiger partial charge in [-0.3, -0.25) is 9.59 Å². The number of fused-ring (bicyclic) bond motifs is 1. The molecule has 6 nitrogen and oxygen atoms in total. The highest BCUT2D eigenvalue weighted by molar-refractivity contribution is 5.95. The maximum atomic E-state index is 12.8. The van der Waals surface area contributed by atoms with Gasteiger partial charge in [0.2, 0.25) is 0 Å². The van der Waals surface area contributed by atoms with Crippen molar-refractivity contribution in [1.29, 1.82) is 0 Å². The first-order valence-corrected chi connectivity index (χ1v) is 8.54. The van der Waals surface area contributed by atoms with Crippen molar-refractivity contribution in [3.63, 3.8) is 0 Å². The lowest BCUT2D eigenvalue weighted by atomic mass is 9.93. The van der Waals surface area contributed by atoms with Gasteiger partial charge in [0.15, 0.2) is 11.5 Å². The quantitative estimate of drug-likeness (QED) is 0.916. The van der Waals surface area contributed by atoms with Crippen LogP contribution < -0.4 is 9.47 Å². The Kier molecular flexibility index (Phi) is 5.23. The van der Waals surface area contributed by atoms with Crippen molar-refractivity contribution in [2.75, 3.05) is 26.3 Å². The van der Waals surface area contributed by atoms with Gasteiger partial charge in [-0.2, -0.15) is 0 Å². The predicted octanol–water partition coefficient (Wildman–Crippen LogP) is 2.56. The van der Waals surface area contributed by atoms with Crippen LogP contribution in [0.5, 0.6) is 11.5 Å². The lowest BCUT2D eigenvalue weighted by Crippen LogP contribution is -2.40. The summed E-state index contributed by atoms with van der Waals surface area (Å²) in [6, 6.07) is 5.32. The standard InChI is InChI=1S/C18H23NO5/c20-17(21)7-4-13-3-1-8-19(12-13)18(22)14-5-6-15-16(11-14)24-10-2-9-23-15/h5-6,11,13H,1-4,7-10,12H2,(H,20,21)/t13-/m1/s1. The fourth-order valence-electron chi connectivity index (χ4n) is 3.29. The number of benzene rings is 1. The van der Waals surface area contributed by atoms with Crippen LogP contribution in [0.3, 0.4) is 0 Å². The number of amides is 1. The van der Waals surface area contributed by atoms with E-state index in [0.717, 1.165) is 25.8 Å². The van der Waals surface area contributed by atoms with Crippen molar-refractivity contribution < 1.29 is 24.2 Å². The van der Waals surface area contributed by atoms with Crippen molar-refractivity contribution >= 4 is 11.9 Å². The number of carbonyl (C=O) groups excluding carboxylic acids is 1. The maximum absolute atomic E-state index is 12.8. The molecule has 0 saturated carbocycles. The van der Waals surface area contributed by atoms with E-state index in [4.69, 9.17) is 14.6 Å². The molecule has 24 heavy (non-hydrogen) atoms. The van der Waals surface area contributed by atoms with Gasteiger partial charge in [-0.05, 0) is 43.4 Å². The summed E-state index contributed by atoms with van der Waals surface area (Å²) in [5, 5.41) is 8.83. The molecule has 0 spiro atoms. The van der Waals surface area contributed by atoms with Crippen LogP contribution in [0, 0.1) is 5.92 Å². The molecule has 1 saturated heterocycles. The average Bonchev–Trinajstić information content (AvgIpc) is 2.84. The summed E-state index contributed by atoms with van der Waals surface area (Å²) in [5.74, 6) is 0.769. The van der Waals surface area contributed by atoms with Gasteiger partial charge in [-0.1, -0.05) is 0 Å². The van der Waals surface area contributed by atoms with Crippen molar-refractivity contribution in [2.45, 2.75) is 32.1 Å². The number of ether oxygens (including phenoxy) is 2. The van der Waals surface area contributed by atoms with E-state index in [1.54, 1.807) is 18.2 Å². The molecule has 130 valence electrons. The average molecular weight is 333 g/mol. The largest absolute Gasteiger partial charge is 0.490 e. The highest BCUT2D eigenvalue weighted by Crippen LogP contribution is 2.31. The second-order valence-corrected chi connectivity index (χ2v) is 6.40. The SMILES string of the molecule is O=C(O)CC[C@H]1CCCN(C(=O)c2ccc3c(c2)OCCCO3)C1. The van der Waals surface area contributed by atoms with Crippen LogP contribution in [0.1, 0.15) is 42.5 Å². The van der Waals surface area contributed by atoms with Crippen LogP contribution in [-0.2, 0) is 4.79 Å². The fourth-order valence-corrected chi connectivity index (χ4v) is 3.29. The van der Waals surface area contributed by atoms with E-state index in [2.05, 4.69) is 0 Å². The number of rotatable bonds is 4. The summed E-state index contributed by atoms with van der Waals surface area (Å²) < 4.78 is 11.2. The highest BCUT2D eigenvalue weighted by atomic mass is 16.5. The minimum atomic E-state index is -0.777. The molecule has 3 rings (SSSR count). The molecule has 1 aromatic rings. The molecular weight excluding hydrogens is 310 g/mol. The smallest absolute Gasteiger partial charge is 0.303 e. The minimum Gasteiger partial charge on any atom is -0.490 e. The molecule has 0 unspecified atom stereocenters. The zero-order valence-corrected chi connectivity index (χ0v) is 13.7. The van der Waals surface area contributed by atoms with Crippen molar-refractivity contribution in [2.24, 2.45) is 5.92 Å². The summed E-state index contributed by atoms with van der Waals surface area (Å²) in [6.45, 7) is 2.56. The minimum absolute atomic E-state index is 0.0225. The summed E-state index contributed by atoms with van der Waals surface area (Å²) in [4.78, 5) is 25.3. The van der Waals surface area contributed by atoms with E-state index in [-0.39, 0.29) is 18.2 Å². The third kappa shape index (κ3) is 3.99. The van der Waals surface area contributed by atoms with E-state index in [1.165, 1.54) is 0 Å². The second kappa shape index (κ2) is 7.55. The molecule has 2 heterocycles. The molecule has 1 N–H and O–H groups in total. The Morgan fingerprint density at radius 3 is 2.75 bits per heavy atom. The Morgan fingerprint density at radius 1 is 1.17 bits per heavy atom. The molecule has 1 fully saturated rings. The second-order valence-electron chi connectivity index (χ2n) is 6.40. The van der Waals surface area contributed by atoms with Crippen molar-refractivity contribution in [3.05, 3.63) is 23.8 Å². The number of carbonyl (C=O) groups is 2. The maximum Gasteiger partial charge on any atom is 0.303 e. The normalized spacial score (nSPS) is 20.3. The van der Waals surface area contributed by atoms with Crippen LogP contribution in [0.25, 0.3) is 0 Å². The number of piperidine rings is 1. The topological polar surface area (TPSA) is 76.1 Å². The van der Waals surface area contributed by atoms with Crippen LogP contribution in [0.15, 0.2) is 18.2 Å². The lowest BCUT2D eigenvalue weighted by Gasteiger charge is -2.32. The van der Waals surface area contributed by atoms with Crippen molar-refractivity contribution in [3.8, 4) is 11.5 Å². The third-order valence-electron chi connectivity index (χ3n) is 4.57. The molecule has 1 atom stereocenters. The Bertz CT molecular complexity index is 615. The molecule has 6 heteroatoms. The van der Waals surface area contributed by atoms with Crippen LogP contribution >= 0.6 is 0 Å². The molecule has 1 amide bonds. The zero-order chi connectivity index (χ0) is 16.9. The first-order valence-electron chi connectivity index (χ1n) is 8.54. The monoisotopic (exact) mass is 333 g/mol. The molecule has 0 radical (unpaired) electrons. The molecule has 1 aromatic carbocycles. The number of hydrogen-bond donors (Lipinski definition) is 1. The molecule has 2 aliphatic rings. The van der Waals surface area contributed by atoms with E-state index in [1.807, 2.05) is 4.90 Å². The van der Waals surface area contributed by atoms with Crippen molar-refractivity contribution in [1.82, 2.24) is 4.90 Å². The van der Waals surface area contributed by atoms with Gasteiger partial charge in [0, 0.05) is 31.5 Å². The van der Waals surface area contributed by atoms with Gasteiger partial charge in [0.25, 0.3) is 5.91 Å². The highest BCUT2D eigenvalue weighted by Gasteiger charge is 2.25. The Morgan fingerprint density at radius 2 is 1.96 bits per heavy atom. The summed E-state index contributed by atoms with van der Waals surface area (Å²) in [7, 11) is 0. The molecule has 0 aromatic heterocycles. The Labute approximate surface area is 141 Å². The van der Waals surface area contributed by atoms with Gasteiger partial charge >= 0.3 is 5.97 Å². The molecule has 2 aliphatic heterocycles. The van der Waals surface area contributed by atoms with E-state index < -0.39 is 5.97 Å². The van der Waals surface area contributed by atoms with Crippen LogP contribution in [-0.4, -0.2) is 48.2 Å². The number of aliphatic carboxylic acids is 1. The summed E-state index contributed by atoms with van der Waals surface area (Å²) in [6.07, 6.45) is 3.52. The molecular formula is C18H23NO5. The van der Waals surface area contributed by atoms with E-state index in [9.17, 15) is 9.59 Å². The molecule has 0 bridgehead atoms. The predicted molar refractivity (Wildman–Crippen MR) is 87.5 cm³/mol. The number of nitrogens with zero attached hydrogens (tertiary/aromatic N) is 1. The van der Waals surface area contributed by atoms with Gasteiger partial charge in [-0.15, -0.1) is 0 Å². The first-order chi connectivity index (χ1) is 11.6. The fraction of sp³-hybridized carbons (Fsp3) is 0.556. The Hall–Kier alpha value is -2.24. The molecule has 0 aliphatic carbocycles. The van der Waals surface area contributed by atoms with E-state index in [0.29, 0.717) is 43.2 Å². The van der Waals surface area contributed by atoms with Crippen LogP contribution in [0.4, 0.5) is 0 Å². The zero-order valence-electron chi connectivity index (χ0n) is 13.7. The number of carboxylic acid groups (broad SMARTS) is 1. The van der Waals surface area contributed by atoms with Crippen LogP contribution in [0.2, 0.25) is 0 Å². The van der Waals surface area contributed by atoms with Gasteiger partial charge in [0.1, 0.15) is 0 Å². The summed E-state index contributed by atoms with van der Waals surface area (Å²) >= 11 is 0. The lowest BCUT2D eigenvalue weighted by molar-refractivity contribution is -0.137. The number of hydrogen-bond acceptors (Lipinski definition) is 4. The first kappa shape index (κ1) is 16.6. The van der Waals surface area contributed by atoms with Gasteiger partial charge < -0.3 is 19.5 Å².